The predicted molar refractivity (Wildman–Crippen MR) is 80.0 cm³/mol. The Morgan fingerprint density at radius 2 is 2.27 bits per heavy atom. The lowest BCUT2D eigenvalue weighted by Crippen LogP contribution is -2.40. The highest BCUT2D eigenvalue weighted by Gasteiger charge is 2.32. The van der Waals surface area contributed by atoms with Crippen LogP contribution < -0.4 is 0 Å². The zero-order valence-electron chi connectivity index (χ0n) is 12.7. The fourth-order valence-electron chi connectivity index (χ4n) is 2.93. The number of aryl methyl sites for hydroxylation is 1. The van der Waals surface area contributed by atoms with Crippen molar-refractivity contribution >= 4 is 5.91 Å². The van der Waals surface area contributed by atoms with Crippen LogP contribution in [0.25, 0.3) is 0 Å². The van der Waals surface area contributed by atoms with Crippen LogP contribution in [0.15, 0.2) is 24.9 Å². The SMILES string of the molecule is CCCn1cnnc1[C@H]1CCCCN1C(=O)c1cnccn1. The Morgan fingerprint density at radius 1 is 1.36 bits per heavy atom. The van der Waals surface area contributed by atoms with E-state index in [9.17, 15) is 4.79 Å². The fourth-order valence-corrected chi connectivity index (χ4v) is 2.93. The molecule has 0 saturated carbocycles. The van der Waals surface area contributed by atoms with E-state index >= 15 is 0 Å². The van der Waals surface area contributed by atoms with Crippen LogP contribution in [0.5, 0.6) is 0 Å². The van der Waals surface area contributed by atoms with Gasteiger partial charge in [0.2, 0.25) is 0 Å². The van der Waals surface area contributed by atoms with Gasteiger partial charge in [0.25, 0.3) is 5.91 Å². The number of rotatable bonds is 4. The Bertz CT molecular complexity index is 626. The lowest BCUT2D eigenvalue weighted by atomic mass is 10.0. The van der Waals surface area contributed by atoms with E-state index in [0.29, 0.717) is 5.69 Å². The summed E-state index contributed by atoms with van der Waals surface area (Å²) < 4.78 is 2.05. The zero-order valence-corrected chi connectivity index (χ0v) is 12.7. The molecule has 1 saturated heterocycles. The van der Waals surface area contributed by atoms with Crippen LogP contribution in [-0.4, -0.2) is 42.1 Å². The van der Waals surface area contributed by atoms with E-state index in [-0.39, 0.29) is 11.9 Å². The Kier molecular flexibility index (Phi) is 4.41. The van der Waals surface area contributed by atoms with Crippen molar-refractivity contribution in [2.24, 2.45) is 0 Å². The lowest BCUT2D eigenvalue weighted by molar-refractivity contribution is 0.0588. The van der Waals surface area contributed by atoms with Gasteiger partial charge in [0.1, 0.15) is 12.0 Å². The Hall–Kier alpha value is -2.31. The second-order valence-electron chi connectivity index (χ2n) is 5.48. The third kappa shape index (κ3) is 2.84. The van der Waals surface area contributed by atoms with Crippen molar-refractivity contribution in [1.82, 2.24) is 29.6 Å². The van der Waals surface area contributed by atoms with Crippen molar-refractivity contribution < 1.29 is 4.79 Å². The van der Waals surface area contributed by atoms with E-state index < -0.39 is 0 Å². The maximum atomic E-state index is 12.7. The molecule has 22 heavy (non-hydrogen) atoms. The van der Waals surface area contributed by atoms with E-state index in [1.54, 1.807) is 18.7 Å². The van der Waals surface area contributed by atoms with Gasteiger partial charge in [-0.15, -0.1) is 10.2 Å². The van der Waals surface area contributed by atoms with E-state index in [0.717, 1.165) is 44.6 Å². The van der Waals surface area contributed by atoms with Crippen LogP contribution >= 0.6 is 0 Å². The number of piperidine rings is 1. The molecule has 1 amide bonds. The minimum Gasteiger partial charge on any atom is -0.327 e. The maximum Gasteiger partial charge on any atom is 0.274 e. The van der Waals surface area contributed by atoms with Gasteiger partial charge >= 0.3 is 0 Å². The minimum atomic E-state index is -0.0798. The van der Waals surface area contributed by atoms with Gasteiger partial charge in [0.15, 0.2) is 5.82 Å². The minimum absolute atomic E-state index is 0.0303. The maximum absolute atomic E-state index is 12.7. The third-order valence-electron chi connectivity index (χ3n) is 3.95. The van der Waals surface area contributed by atoms with Crippen molar-refractivity contribution in [2.45, 2.75) is 45.2 Å². The van der Waals surface area contributed by atoms with Crippen LogP contribution in [0, 0.1) is 0 Å². The first-order chi connectivity index (χ1) is 10.8. The molecule has 0 aromatic carbocycles. The Morgan fingerprint density at radius 3 is 3.05 bits per heavy atom. The summed E-state index contributed by atoms with van der Waals surface area (Å²) >= 11 is 0. The second kappa shape index (κ2) is 6.64. The molecule has 3 rings (SSSR count). The van der Waals surface area contributed by atoms with E-state index in [2.05, 4.69) is 27.1 Å². The van der Waals surface area contributed by atoms with Gasteiger partial charge in [-0.05, 0) is 25.7 Å². The number of carbonyl (C=O) groups is 1. The first kappa shape index (κ1) is 14.6. The number of hydrogen-bond acceptors (Lipinski definition) is 5. The molecule has 0 N–H and O–H groups in total. The molecule has 0 spiro atoms. The summed E-state index contributed by atoms with van der Waals surface area (Å²) in [6, 6.07) is -0.0303. The molecular formula is C15H20N6O. The summed E-state index contributed by atoms with van der Waals surface area (Å²) in [5.41, 5.74) is 0.385. The summed E-state index contributed by atoms with van der Waals surface area (Å²) in [5.74, 6) is 0.794. The molecule has 7 nitrogen and oxygen atoms in total. The Balaban J connectivity index is 1.88. The van der Waals surface area contributed by atoms with Crippen molar-refractivity contribution in [3.05, 3.63) is 36.4 Å². The highest BCUT2D eigenvalue weighted by Crippen LogP contribution is 2.30. The van der Waals surface area contributed by atoms with Crippen LogP contribution in [0.4, 0.5) is 0 Å². The van der Waals surface area contributed by atoms with Gasteiger partial charge in [0, 0.05) is 25.5 Å². The van der Waals surface area contributed by atoms with Crippen molar-refractivity contribution in [3.63, 3.8) is 0 Å². The normalized spacial score (nSPS) is 18.4. The average molecular weight is 300 g/mol. The van der Waals surface area contributed by atoms with Gasteiger partial charge in [-0.25, -0.2) is 4.98 Å². The molecule has 3 heterocycles. The molecular weight excluding hydrogens is 280 g/mol. The van der Waals surface area contributed by atoms with Crippen molar-refractivity contribution in [1.29, 1.82) is 0 Å². The summed E-state index contributed by atoms with van der Waals surface area (Å²) in [7, 11) is 0. The quantitative estimate of drug-likeness (QED) is 0.861. The van der Waals surface area contributed by atoms with Crippen molar-refractivity contribution in [3.8, 4) is 0 Å². The number of amides is 1. The fraction of sp³-hybridized carbons (Fsp3) is 0.533. The molecule has 1 aliphatic heterocycles. The van der Waals surface area contributed by atoms with Gasteiger partial charge < -0.3 is 9.47 Å². The molecule has 2 aromatic heterocycles. The predicted octanol–water partition coefficient (Wildman–Crippen LogP) is 1.85. The summed E-state index contributed by atoms with van der Waals surface area (Å²) in [6.45, 7) is 3.71. The molecule has 7 heteroatoms. The molecule has 116 valence electrons. The molecule has 2 aromatic rings. The molecule has 0 bridgehead atoms. The number of hydrogen-bond donors (Lipinski definition) is 0. The molecule has 0 radical (unpaired) electrons. The third-order valence-corrected chi connectivity index (χ3v) is 3.95. The number of carbonyl (C=O) groups excluding carboxylic acids is 1. The highest BCUT2D eigenvalue weighted by atomic mass is 16.2. The molecule has 1 atom stereocenters. The van der Waals surface area contributed by atoms with Gasteiger partial charge in [-0.1, -0.05) is 6.92 Å². The molecule has 1 aliphatic rings. The second-order valence-corrected chi connectivity index (χ2v) is 5.48. The standard InChI is InChI=1S/C15H20N6O/c1-2-8-20-11-18-19-14(20)13-5-3-4-9-21(13)15(22)12-10-16-6-7-17-12/h6-7,10-11,13H,2-5,8-9H2,1H3/t13-/m1/s1. The Labute approximate surface area is 129 Å². The van der Waals surface area contributed by atoms with Crippen LogP contribution in [-0.2, 0) is 6.54 Å². The van der Waals surface area contributed by atoms with Gasteiger partial charge in [0.05, 0.1) is 12.2 Å². The molecule has 0 aliphatic carbocycles. The number of likely N-dealkylation sites (tertiary alicyclic amines) is 1. The van der Waals surface area contributed by atoms with E-state index in [4.69, 9.17) is 0 Å². The van der Waals surface area contributed by atoms with Crippen LogP contribution in [0.2, 0.25) is 0 Å². The average Bonchev–Trinajstić information content (AvgIpc) is 3.03. The summed E-state index contributed by atoms with van der Waals surface area (Å²) in [5, 5.41) is 8.30. The smallest absolute Gasteiger partial charge is 0.274 e. The first-order valence-corrected chi connectivity index (χ1v) is 7.76. The highest BCUT2D eigenvalue weighted by molar-refractivity contribution is 5.92. The largest absolute Gasteiger partial charge is 0.327 e. The number of aromatic nitrogens is 5. The van der Waals surface area contributed by atoms with Crippen LogP contribution in [0.1, 0.15) is 55.0 Å². The lowest BCUT2D eigenvalue weighted by Gasteiger charge is -2.34. The van der Waals surface area contributed by atoms with E-state index in [1.807, 2.05) is 9.47 Å². The summed E-state index contributed by atoms with van der Waals surface area (Å²) in [6.07, 6.45) is 10.4. The first-order valence-electron chi connectivity index (χ1n) is 7.76. The van der Waals surface area contributed by atoms with Crippen molar-refractivity contribution in [2.75, 3.05) is 6.54 Å². The van der Waals surface area contributed by atoms with Gasteiger partial charge in [-0.3, -0.25) is 9.78 Å². The molecule has 0 unspecified atom stereocenters. The van der Waals surface area contributed by atoms with Crippen LogP contribution in [0.3, 0.4) is 0 Å². The topological polar surface area (TPSA) is 76.8 Å². The molecule has 1 fully saturated rings. The zero-order chi connectivity index (χ0) is 15.4. The number of nitrogens with zero attached hydrogens (tertiary/aromatic N) is 6. The monoisotopic (exact) mass is 300 g/mol. The van der Waals surface area contributed by atoms with Gasteiger partial charge in [-0.2, -0.15) is 0 Å². The summed E-state index contributed by atoms with van der Waals surface area (Å²) in [4.78, 5) is 22.7. The van der Waals surface area contributed by atoms with E-state index in [1.165, 1.54) is 6.20 Å².